The number of rotatable bonds is 7. The highest BCUT2D eigenvalue weighted by Gasteiger charge is 2.32. The molecule has 0 radical (unpaired) electrons. The monoisotopic (exact) mass is 460 g/mol. The molecular weight excluding hydrogens is 428 g/mol. The van der Waals surface area contributed by atoms with E-state index in [2.05, 4.69) is 15.6 Å². The highest BCUT2D eigenvalue weighted by molar-refractivity contribution is 7.88. The maximum atomic E-state index is 12.8. The van der Waals surface area contributed by atoms with Gasteiger partial charge in [0.2, 0.25) is 10.0 Å². The first-order valence-corrected chi connectivity index (χ1v) is 12.3. The van der Waals surface area contributed by atoms with Gasteiger partial charge in [0.25, 0.3) is 0 Å². The zero-order valence-corrected chi connectivity index (χ0v) is 19.6. The Kier molecular flexibility index (Phi) is 7.89. The third-order valence-electron chi connectivity index (χ3n) is 4.99. The largest absolute Gasteiger partial charge is 0.444 e. The average molecular weight is 461 g/mol. The maximum Gasteiger partial charge on any atom is 0.410 e. The van der Waals surface area contributed by atoms with E-state index < -0.39 is 15.6 Å². The lowest BCUT2D eigenvalue weighted by atomic mass is 9.98. The second kappa shape index (κ2) is 10.4. The lowest BCUT2D eigenvalue weighted by molar-refractivity contribution is 0.0117. The molecule has 2 aromatic carbocycles. The standard InChI is InChI=1S/C23H32N4O4S/c1-23(2,3)31-22(28)27-14-13-24-16-21(27)20-12-8-7-11-19(20)15-25-26-32(29,30)17-18-9-5-4-6-10-18/h4-12,21,24-26H,13-17H2,1-3H3. The van der Waals surface area contributed by atoms with E-state index in [4.69, 9.17) is 4.74 Å². The highest BCUT2D eigenvalue weighted by Crippen LogP contribution is 2.27. The van der Waals surface area contributed by atoms with E-state index >= 15 is 0 Å². The Hall–Kier alpha value is -2.46. The van der Waals surface area contributed by atoms with E-state index in [9.17, 15) is 13.2 Å². The number of sulfonamides is 1. The summed E-state index contributed by atoms with van der Waals surface area (Å²) in [5.41, 5.74) is 4.81. The Balaban J connectivity index is 1.68. The summed E-state index contributed by atoms with van der Waals surface area (Å²) in [6.07, 6.45) is -0.352. The third kappa shape index (κ3) is 7.03. The molecule has 1 saturated heterocycles. The number of nitrogens with one attached hydrogen (secondary N) is 3. The number of amides is 1. The zero-order valence-electron chi connectivity index (χ0n) is 18.8. The Morgan fingerprint density at radius 3 is 2.53 bits per heavy atom. The van der Waals surface area contributed by atoms with Crippen LogP contribution in [0.3, 0.4) is 0 Å². The van der Waals surface area contributed by atoms with Crippen LogP contribution in [0.4, 0.5) is 4.79 Å². The Bertz CT molecular complexity index is 1010. The van der Waals surface area contributed by atoms with Crippen molar-refractivity contribution >= 4 is 16.1 Å². The van der Waals surface area contributed by atoms with Crippen LogP contribution in [-0.2, 0) is 27.1 Å². The fourth-order valence-electron chi connectivity index (χ4n) is 3.61. The number of benzene rings is 2. The van der Waals surface area contributed by atoms with Crippen LogP contribution < -0.4 is 15.6 Å². The van der Waals surface area contributed by atoms with Crippen LogP contribution >= 0.6 is 0 Å². The van der Waals surface area contributed by atoms with Crippen molar-refractivity contribution in [2.45, 2.75) is 44.7 Å². The molecule has 2 aromatic rings. The summed E-state index contributed by atoms with van der Waals surface area (Å²) in [6, 6.07) is 16.5. The van der Waals surface area contributed by atoms with E-state index in [-0.39, 0.29) is 24.4 Å². The van der Waals surface area contributed by atoms with Gasteiger partial charge >= 0.3 is 6.09 Å². The molecule has 0 spiro atoms. The summed E-state index contributed by atoms with van der Waals surface area (Å²) in [6.45, 7) is 7.64. The van der Waals surface area contributed by atoms with Crippen LogP contribution in [0.5, 0.6) is 0 Å². The van der Waals surface area contributed by atoms with Crippen LogP contribution in [-0.4, -0.2) is 44.6 Å². The number of piperazine rings is 1. The van der Waals surface area contributed by atoms with Crippen molar-refractivity contribution in [3.63, 3.8) is 0 Å². The molecule has 1 amide bonds. The van der Waals surface area contributed by atoms with Gasteiger partial charge in [0.15, 0.2) is 0 Å². The molecule has 1 unspecified atom stereocenters. The maximum absolute atomic E-state index is 12.8. The summed E-state index contributed by atoms with van der Waals surface area (Å²) in [4.78, 5) is 17.0. The molecule has 3 N–H and O–H groups in total. The zero-order chi connectivity index (χ0) is 23.2. The smallest absolute Gasteiger partial charge is 0.410 e. The van der Waals surface area contributed by atoms with Gasteiger partial charge in [-0.2, -0.15) is 4.83 Å². The molecular formula is C23H32N4O4S. The summed E-state index contributed by atoms with van der Waals surface area (Å²) in [7, 11) is -3.55. The number of nitrogens with zero attached hydrogens (tertiary/aromatic N) is 1. The van der Waals surface area contributed by atoms with Gasteiger partial charge in [0.05, 0.1) is 11.8 Å². The topological polar surface area (TPSA) is 99.8 Å². The first-order chi connectivity index (χ1) is 15.1. The molecule has 32 heavy (non-hydrogen) atoms. The minimum atomic E-state index is -3.55. The predicted molar refractivity (Wildman–Crippen MR) is 124 cm³/mol. The molecule has 0 bridgehead atoms. The molecule has 0 aromatic heterocycles. The Morgan fingerprint density at radius 1 is 1.12 bits per heavy atom. The summed E-state index contributed by atoms with van der Waals surface area (Å²) >= 11 is 0. The van der Waals surface area contributed by atoms with Gasteiger partial charge in [0.1, 0.15) is 5.60 Å². The van der Waals surface area contributed by atoms with E-state index in [1.165, 1.54) is 0 Å². The van der Waals surface area contributed by atoms with Gasteiger partial charge < -0.3 is 10.1 Å². The van der Waals surface area contributed by atoms with Gasteiger partial charge in [-0.3, -0.25) is 4.90 Å². The average Bonchev–Trinajstić information content (AvgIpc) is 2.73. The van der Waals surface area contributed by atoms with Crippen LogP contribution in [0.15, 0.2) is 54.6 Å². The predicted octanol–water partition coefficient (Wildman–Crippen LogP) is 2.69. The number of hydrazine groups is 1. The molecule has 0 aliphatic carbocycles. The van der Waals surface area contributed by atoms with Crippen LogP contribution in [0.2, 0.25) is 0 Å². The van der Waals surface area contributed by atoms with Crippen molar-refractivity contribution in [2.75, 3.05) is 19.6 Å². The quantitative estimate of drug-likeness (QED) is 0.550. The minimum absolute atomic E-state index is 0.110. The first-order valence-electron chi connectivity index (χ1n) is 10.7. The number of ether oxygens (including phenoxy) is 1. The second-order valence-electron chi connectivity index (χ2n) is 8.79. The lowest BCUT2D eigenvalue weighted by Gasteiger charge is -2.38. The van der Waals surface area contributed by atoms with Crippen LogP contribution in [0.25, 0.3) is 0 Å². The molecule has 8 nitrogen and oxygen atoms in total. The van der Waals surface area contributed by atoms with Gasteiger partial charge in [-0.1, -0.05) is 54.6 Å². The molecule has 0 saturated carbocycles. The summed E-state index contributed by atoms with van der Waals surface area (Å²) < 4.78 is 30.4. The lowest BCUT2D eigenvalue weighted by Crippen LogP contribution is -2.50. The van der Waals surface area contributed by atoms with E-state index in [0.717, 1.165) is 11.1 Å². The van der Waals surface area contributed by atoms with E-state index in [0.29, 0.717) is 25.2 Å². The van der Waals surface area contributed by atoms with Gasteiger partial charge in [-0.25, -0.2) is 18.6 Å². The third-order valence-corrected chi connectivity index (χ3v) is 6.16. The van der Waals surface area contributed by atoms with Gasteiger partial charge in [-0.05, 0) is 37.5 Å². The summed E-state index contributed by atoms with van der Waals surface area (Å²) in [5, 5.41) is 3.33. The number of hydrogen-bond acceptors (Lipinski definition) is 6. The van der Waals surface area contributed by atoms with Crippen molar-refractivity contribution < 1.29 is 17.9 Å². The van der Waals surface area contributed by atoms with E-state index in [1.807, 2.05) is 63.2 Å². The molecule has 1 aliphatic rings. The number of carbonyl (C=O) groups excluding carboxylic acids is 1. The molecule has 1 heterocycles. The van der Waals surface area contributed by atoms with Crippen molar-refractivity contribution in [2.24, 2.45) is 0 Å². The highest BCUT2D eigenvalue weighted by atomic mass is 32.2. The second-order valence-corrected chi connectivity index (χ2v) is 10.5. The number of hydrogen-bond donors (Lipinski definition) is 3. The van der Waals surface area contributed by atoms with Gasteiger partial charge in [0, 0.05) is 26.2 Å². The van der Waals surface area contributed by atoms with Crippen LogP contribution in [0, 0.1) is 0 Å². The summed E-state index contributed by atoms with van der Waals surface area (Å²) in [5.74, 6) is -0.110. The minimum Gasteiger partial charge on any atom is -0.444 e. The molecule has 1 atom stereocenters. The first kappa shape index (κ1) is 24.2. The molecule has 174 valence electrons. The normalized spacial score (nSPS) is 17.2. The Morgan fingerprint density at radius 2 is 1.81 bits per heavy atom. The SMILES string of the molecule is CC(C)(C)OC(=O)N1CCNCC1c1ccccc1CNNS(=O)(=O)Cc1ccccc1. The van der Waals surface area contributed by atoms with Crippen LogP contribution in [0.1, 0.15) is 43.5 Å². The molecule has 1 aliphatic heterocycles. The molecule has 1 fully saturated rings. The van der Waals surface area contributed by atoms with Crippen molar-refractivity contribution in [3.05, 3.63) is 71.3 Å². The Labute approximate surface area is 190 Å². The fraction of sp³-hybridized carbons (Fsp3) is 0.435. The van der Waals surface area contributed by atoms with Gasteiger partial charge in [-0.15, -0.1) is 0 Å². The van der Waals surface area contributed by atoms with Crippen molar-refractivity contribution in [1.29, 1.82) is 0 Å². The molecule has 3 rings (SSSR count). The number of carbonyl (C=O) groups is 1. The fourth-order valence-corrected chi connectivity index (χ4v) is 4.61. The van der Waals surface area contributed by atoms with Crippen molar-refractivity contribution in [1.82, 2.24) is 20.5 Å². The van der Waals surface area contributed by atoms with Crippen molar-refractivity contribution in [3.8, 4) is 0 Å². The van der Waals surface area contributed by atoms with E-state index in [1.54, 1.807) is 17.0 Å². The molecule has 9 heteroatoms.